The fraction of sp³-hybridized carbons (Fsp3) is 0.0116. The summed E-state index contributed by atoms with van der Waals surface area (Å²) in [7, 11) is 0. The van der Waals surface area contributed by atoms with E-state index in [-0.39, 0.29) is 13.3 Å². The Hall–Kier alpha value is -13.2. The lowest BCUT2D eigenvalue weighted by molar-refractivity contribution is 0.0473. The Morgan fingerprint density at radius 3 is 1.40 bits per heavy atom. The molecule has 13 aromatic carbocycles. The van der Waals surface area contributed by atoms with E-state index >= 15 is 0 Å². The summed E-state index contributed by atoms with van der Waals surface area (Å²) in [5, 5.41) is 1.82. The van der Waals surface area contributed by atoms with Crippen molar-refractivity contribution in [3.63, 3.8) is 0 Å². The summed E-state index contributed by atoms with van der Waals surface area (Å²) in [6.07, 6.45) is 0. The van der Waals surface area contributed by atoms with Gasteiger partial charge < -0.3 is 19.1 Å². The van der Waals surface area contributed by atoms with Gasteiger partial charge in [-0.2, -0.15) is 0 Å². The van der Waals surface area contributed by atoms with Gasteiger partial charge in [0.05, 0.1) is 28.0 Å². The minimum Gasteiger partial charge on any atom is -0.457 e. The maximum Gasteiger partial charge on any atom is 0.338 e. The summed E-state index contributed by atoms with van der Waals surface area (Å²) in [5.74, 6) is 2.51. The van der Waals surface area contributed by atoms with Gasteiger partial charge in [-0.15, -0.1) is 0 Å². The Labute approximate surface area is 566 Å². The van der Waals surface area contributed by atoms with Gasteiger partial charge in [-0.05, 0) is 119 Å². The van der Waals surface area contributed by atoms with E-state index in [2.05, 4.69) is 190 Å². The number of aromatic nitrogens is 7. The van der Waals surface area contributed by atoms with E-state index in [4.69, 9.17) is 34.6 Å². The molecule has 0 unspecified atom stereocenters. The van der Waals surface area contributed by atoms with Crippen molar-refractivity contribution in [2.24, 2.45) is 0 Å². The first-order valence-electron chi connectivity index (χ1n) is 32.8. The van der Waals surface area contributed by atoms with Crippen LogP contribution in [0, 0.1) is 0 Å². The molecule has 0 fully saturated rings. The van der Waals surface area contributed by atoms with Crippen LogP contribution in [0.4, 0.5) is 34.1 Å². The highest BCUT2D eigenvalue weighted by atomic mass is 16.5. The lowest BCUT2D eigenvalue weighted by atomic mass is 9.33. The Balaban J connectivity index is 0.853. The number of carbonyl (C=O) groups excluding carboxylic acids is 1. The van der Waals surface area contributed by atoms with E-state index in [1.54, 1.807) is 0 Å². The highest BCUT2D eigenvalue weighted by Gasteiger charge is 2.44. The van der Waals surface area contributed by atoms with Gasteiger partial charge in [0.15, 0.2) is 34.9 Å². The number of nitrogens with zero attached hydrogens (tertiary/aromatic N) is 9. The second-order valence-electron chi connectivity index (χ2n) is 24.5. The standard InChI is InChI=1S/C86H56BN9O2/c97-86(98-55-56-26-7-1-8-27-56)63-47-50-73-68(54-63)67-40-19-22-43-72(67)96(73)74-49-46-62(84-89-80(57-28-9-2-10-29-57)88-81(90-84)58-30-11-3-12-31-58)53-69(74)85-92-82(59-32-13-4-14-33-59)91-83(93-85)61-35-25-34-60(52-61)66-48-51-77-78-79(66)95(65-38-17-6-18-39-65)76-45-24-21-42-71(76)87(78)70-41-20-23-44-75(70)94(77)64-36-15-5-16-37-64/h1-54H,55H2. The minimum absolute atomic E-state index is 0.0784. The zero-order valence-corrected chi connectivity index (χ0v) is 52.8. The van der Waals surface area contributed by atoms with Crippen LogP contribution in [0.1, 0.15) is 15.9 Å². The van der Waals surface area contributed by atoms with E-state index in [9.17, 15) is 4.79 Å². The summed E-state index contributed by atoms with van der Waals surface area (Å²) < 4.78 is 8.15. The van der Waals surface area contributed by atoms with Crippen LogP contribution in [0.15, 0.2) is 328 Å². The number of ether oxygens (including phenoxy) is 1. The lowest BCUT2D eigenvalue weighted by Gasteiger charge is -2.45. The number of benzene rings is 13. The SMILES string of the molecule is O=C(OCc1ccccc1)c1ccc2c(c1)c1ccccc1n2-c1ccc(-c2nc(-c3ccccc3)nc(-c3ccccc3)n2)cc1-c1nc(-c2ccccc2)nc(-c2cccc(-c3ccc4c5c3N(c3ccccc3)c3ccccc3B5c3ccccc3N4c3ccccc3)c2)n1. The Kier molecular flexibility index (Phi) is 14.2. The number of carbonyl (C=O) groups is 1. The quantitative estimate of drug-likeness (QED) is 0.0816. The minimum atomic E-state index is -0.412. The molecule has 0 bridgehead atoms. The summed E-state index contributed by atoms with van der Waals surface area (Å²) in [5.41, 5.74) is 21.0. The third kappa shape index (κ3) is 10.1. The van der Waals surface area contributed by atoms with Crippen LogP contribution in [0.25, 0.3) is 107 Å². The van der Waals surface area contributed by atoms with Gasteiger partial charge in [0.25, 0.3) is 6.71 Å². The van der Waals surface area contributed by atoms with Crippen molar-refractivity contribution in [3.05, 3.63) is 339 Å². The van der Waals surface area contributed by atoms with Gasteiger partial charge in [0.1, 0.15) is 6.61 Å². The zero-order chi connectivity index (χ0) is 65.0. The number of rotatable bonds is 13. The normalized spacial score (nSPS) is 12.1. The van der Waals surface area contributed by atoms with Crippen LogP contribution in [0.5, 0.6) is 0 Å². The molecule has 0 saturated heterocycles. The molecule has 2 aliphatic heterocycles. The van der Waals surface area contributed by atoms with Crippen LogP contribution in [-0.4, -0.2) is 47.2 Å². The first-order chi connectivity index (χ1) is 48.5. The summed E-state index contributed by atoms with van der Waals surface area (Å²) in [6.45, 7) is 0.0745. The molecule has 0 spiro atoms. The van der Waals surface area contributed by atoms with Crippen molar-refractivity contribution in [3.8, 4) is 85.1 Å². The maximum atomic E-state index is 14.0. The Morgan fingerprint density at radius 1 is 0.327 bits per heavy atom. The summed E-state index contributed by atoms with van der Waals surface area (Å²) in [4.78, 5) is 51.0. The number of para-hydroxylation sites is 5. The number of hydrogen-bond donors (Lipinski definition) is 0. The van der Waals surface area contributed by atoms with Crippen molar-refractivity contribution < 1.29 is 9.53 Å². The zero-order valence-electron chi connectivity index (χ0n) is 52.8. The van der Waals surface area contributed by atoms with Gasteiger partial charge in [0.2, 0.25) is 0 Å². The van der Waals surface area contributed by atoms with Crippen molar-refractivity contribution in [1.29, 1.82) is 0 Å². The Morgan fingerprint density at radius 2 is 0.786 bits per heavy atom. The number of anilines is 6. The summed E-state index contributed by atoms with van der Waals surface area (Å²) in [6, 6.07) is 112. The highest BCUT2D eigenvalue weighted by molar-refractivity contribution is 7.00. The molecule has 5 heterocycles. The second kappa shape index (κ2) is 24.3. The van der Waals surface area contributed by atoms with Crippen molar-refractivity contribution in [1.82, 2.24) is 34.5 Å². The predicted octanol–water partition coefficient (Wildman–Crippen LogP) is 18.3. The molecule has 0 atom stereocenters. The van der Waals surface area contributed by atoms with Crippen LogP contribution in [-0.2, 0) is 11.3 Å². The van der Waals surface area contributed by atoms with Gasteiger partial charge in [-0.1, -0.05) is 237 Å². The lowest BCUT2D eigenvalue weighted by Crippen LogP contribution is -2.61. The van der Waals surface area contributed by atoms with E-state index in [1.807, 2.05) is 152 Å². The second-order valence-corrected chi connectivity index (χ2v) is 24.5. The van der Waals surface area contributed by atoms with Crippen molar-refractivity contribution >= 4 is 85.0 Å². The smallest absolute Gasteiger partial charge is 0.338 e. The summed E-state index contributed by atoms with van der Waals surface area (Å²) >= 11 is 0. The van der Waals surface area contributed by atoms with E-state index in [1.165, 1.54) is 16.4 Å². The Bertz CT molecular complexity index is 5680. The van der Waals surface area contributed by atoms with Gasteiger partial charge >= 0.3 is 5.97 Å². The third-order valence-electron chi connectivity index (χ3n) is 18.6. The van der Waals surface area contributed by atoms with E-state index < -0.39 is 5.97 Å². The van der Waals surface area contributed by atoms with E-state index in [0.29, 0.717) is 51.6 Å². The van der Waals surface area contributed by atoms with Gasteiger partial charge in [0, 0.05) is 78.2 Å². The predicted molar refractivity (Wildman–Crippen MR) is 395 cm³/mol. The average Bonchev–Trinajstić information content (AvgIpc) is 0.848. The first kappa shape index (κ1) is 57.5. The molecule has 16 aromatic rings. The molecule has 3 aromatic heterocycles. The van der Waals surface area contributed by atoms with Gasteiger partial charge in [-0.3, -0.25) is 0 Å². The monoisotopic (exact) mass is 1260 g/mol. The number of fused-ring (bicyclic) bond motifs is 7. The van der Waals surface area contributed by atoms with Crippen LogP contribution in [0.3, 0.4) is 0 Å². The third-order valence-corrected chi connectivity index (χ3v) is 18.6. The fourth-order valence-corrected chi connectivity index (χ4v) is 14.2. The van der Waals surface area contributed by atoms with Crippen molar-refractivity contribution in [2.75, 3.05) is 9.80 Å². The molecule has 18 rings (SSSR count). The molecule has 98 heavy (non-hydrogen) atoms. The molecule has 2 aliphatic rings. The number of hydrogen-bond acceptors (Lipinski definition) is 10. The molecule has 0 radical (unpaired) electrons. The van der Waals surface area contributed by atoms with Crippen LogP contribution < -0.4 is 26.2 Å². The molecular weight excluding hydrogens is 1200 g/mol. The van der Waals surface area contributed by atoms with Crippen molar-refractivity contribution in [2.45, 2.75) is 6.61 Å². The molecule has 11 nitrogen and oxygen atoms in total. The molecular formula is C86H56BN9O2. The molecule has 0 aliphatic carbocycles. The molecule has 0 saturated carbocycles. The molecule has 12 heteroatoms. The molecule has 0 N–H and O–H groups in total. The van der Waals surface area contributed by atoms with Crippen LogP contribution >= 0.6 is 0 Å². The fourth-order valence-electron chi connectivity index (χ4n) is 14.2. The average molecular weight is 1260 g/mol. The highest BCUT2D eigenvalue weighted by Crippen LogP contribution is 2.48. The largest absolute Gasteiger partial charge is 0.457 e. The first-order valence-corrected chi connectivity index (χ1v) is 32.8. The number of esters is 1. The topological polar surface area (TPSA) is 115 Å². The molecule has 460 valence electrons. The van der Waals surface area contributed by atoms with Gasteiger partial charge in [-0.25, -0.2) is 34.7 Å². The maximum absolute atomic E-state index is 14.0. The van der Waals surface area contributed by atoms with E-state index in [0.717, 1.165) is 101 Å². The van der Waals surface area contributed by atoms with Crippen LogP contribution in [0.2, 0.25) is 0 Å². The molecule has 0 amide bonds.